The zero-order valence-electron chi connectivity index (χ0n) is 15.8. The molecule has 3 saturated carbocycles. The lowest BCUT2D eigenvalue weighted by molar-refractivity contribution is -0.169. The van der Waals surface area contributed by atoms with Crippen LogP contribution in [0.5, 0.6) is 0 Å². The Bertz CT molecular complexity index is 839. The molecule has 4 heteroatoms. The maximum Gasteiger partial charge on any atom is 0.331 e. The number of rotatable bonds is 1. The molecular formula is C23H27NO3. The molecule has 8 unspecified atom stereocenters. The molecule has 0 aromatic heterocycles. The number of oxime groups is 1. The van der Waals surface area contributed by atoms with Gasteiger partial charge in [-0.05, 0) is 85.8 Å². The first-order valence-corrected chi connectivity index (χ1v) is 10.7. The number of carbonyl (C=O) groups is 1. The van der Waals surface area contributed by atoms with Gasteiger partial charge in [0.1, 0.15) is 5.60 Å². The second kappa shape index (κ2) is 5.15. The van der Waals surface area contributed by atoms with Crippen LogP contribution < -0.4 is 0 Å². The molecule has 6 aliphatic rings. The van der Waals surface area contributed by atoms with Crippen molar-refractivity contribution >= 4 is 11.7 Å². The highest BCUT2D eigenvalue weighted by Crippen LogP contribution is 2.78. The van der Waals surface area contributed by atoms with Gasteiger partial charge in [0.05, 0.1) is 5.71 Å². The van der Waals surface area contributed by atoms with Crippen LogP contribution in [0.2, 0.25) is 0 Å². The van der Waals surface area contributed by atoms with Crippen LogP contribution in [0, 0.1) is 40.9 Å². The van der Waals surface area contributed by atoms with E-state index in [0.717, 1.165) is 25.0 Å². The Morgan fingerprint density at radius 1 is 1.30 bits per heavy atom. The van der Waals surface area contributed by atoms with Crippen molar-refractivity contribution in [3.05, 3.63) is 36.0 Å². The summed E-state index contributed by atoms with van der Waals surface area (Å²) in [4.78, 5) is 12.1. The lowest BCUT2D eigenvalue weighted by Crippen LogP contribution is -2.55. The molecule has 142 valence electrons. The first-order valence-electron chi connectivity index (χ1n) is 10.7. The van der Waals surface area contributed by atoms with Crippen molar-refractivity contribution in [2.24, 2.45) is 46.1 Å². The minimum Gasteiger partial charge on any atom is -0.451 e. The molecule has 1 N–H and O–H groups in total. The van der Waals surface area contributed by atoms with Gasteiger partial charge in [-0.3, -0.25) is 0 Å². The molecule has 8 atom stereocenters. The van der Waals surface area contributed by atoms with E-state index >= 15 is 0 Å². The molecule has 1 aliphatic heterocycles. The quantitative estimate of drug-likeness (QED) is 0.429. The molecule has 6 rings (SSSR count). The van der Waals surface area contributed by atoms with Crippen molar-refractivity contribution in [3.63, 3.8) is 0 Å². The number of nitrogens with zero attached hydrogens (tertiary/aromatic N) is 1. The van der Waals surface area contributed by atoms with Gasteiger partial charge in [0.15, 0.2) is 0 Å². The molecule has 0 saturated heterocycles. The van der Waals surface area contributed by atoms with Crippen LogP contribution in [0.15, 0.2) is 41.1 Å². The predicted octanol–water partition coefficient (Wildman–Crippen LogP) is 4.26. The molecule has 1 heterocycles. The lowest BCUT2D eigenvalue weighted by Gasteiger charge is -2.56. The van der Waals surface area contributed by atoms with Crippen LogP contribution in [0.3, 0.4) is 0 Å². The van der Waals surface area contributed by atoms with Crippen molar-refractivity contribution in [2.45, 2.75) is 51.0 Å². The normalized spacial score (nSPS) is 52.9. The molecule has 0 amide bonds. The van der Waals surface area contributed by atoms with E-state index in [1.54, 1.807) is 6.08 Å². The maximum absolute atomic E-state index is 12.1. The van der Waals surface area contributed by atoms with Gasteiger partial charge in [0, 0.05) is 17.4 Å². The van der Waals surface area contributed by atoms with Crippen LogP contribution in [-0.2, 0) is 9.53 Å². The van der Waals surface area contributed by atoms with E-state index < -0.39 is 0 Å². The highest BCUT2D eigenvalue weighted by Gasteiger charge is 2.78. The van der Waals surface area contributed by atoms with Crippen molar-refractivity contribution in [3.8, 4) is 0 Å². The topological polar surface area (TPSA) is 58.9 Å². The predicted molar refractivity (Wildman–Crippen MR) is 101 cm³/mol. The highest BCUT2D eigenvalue weighted by atomic mass is 16.6. The number of allylic oxidation sites excluding steroid dienone is 4. The summed E-state index contributed by atoms with van der Waals surface area (Å²) in [6, 6.07) is 0. The van der Waals surface area contributed by atoms with E-state index in [-0.39, 0.29) is 17.0 Å². The van der Waals surface area contributed by atoms with Gasteiger partial charge in [0.2, 0.25) is 0 Å². The number of hydrogen-bond donors (Lipinski definition) is 1. The van der Waals surface area contributed by atoms with Gasteiger partial charge < -0.3 is 9.94 Å². The van der Waals surface area contributed by atoms with E-state index in [9.17, 15) is 4.79 Å². The Balaban J connectivity index is 1.42. The summed E-state index contributed by atoms with van der Waals surface area (Å²) in [5, 5.41) is 12.6. The lowest BCUT2D eigenvalue weighted by atomic mass is 9.49. The van der Waals surface area contributed by atoms with Crippen molar-refractivity contribution < 1.29 is 14.7 Å². The summed E-state index contributed by atoms with van der Waals surface area (Å²) in [5.74, 6) is 3.61. The second-order valence-corrected chi connectivity index (χ2v) is 9.61. The number of fused-ring (bicyclic) bond motifs is 9. The molecule has 27 heavy (non-hydrogen) atoms. The third kappa shape index (κ3) is 1.80. The van der Waals surface area contributed by atoms with Crippen LogP contribution in [0.1, 0.15) is 45.4 Å². The van der Waals surface area contributed by atoms with Gasteiger partial charge in [-0.15, -0.1) is 0 Å². The Hall–Kier alpha value is -1.84. The monoisotopic (exact) mass is 365 g/mol. The van der Waals surface area contributed by atoms with Gasteiger partial charge in [-0.2, -0.15) is 0 Å². The summed E-state index contributed by atoms with van der Waals surface area (Å²) in [6.45, 7) is 2.31. The van der Waals surface area contributed by atoms with Crippen LogP contribution in [-0.4, -0.2) is 22.5 Å². The van der Waals surface area contributed by atoms with E-state index in [0.29, 0.717) is 35.5 Å². The smallest absolute Gasteiger partial charge is 0.331 e. The molecule has 0 aromatic rings. The van der Waals surface area contributed by atoms with Crippen LogP contribution in [0.4, 0.5) is 0 Å². The van der Waals surface area contributed by atoms with Crippen molar-refractivity contribution in [1.82, 2.24) is 0 Å². The standard InChI is InChI=1S/C23H27NO3/c1-2-22-9-7-16-15-6-4-14(24-26)11-13(15)3-5-17(16)21(22)18-12-19(18)23(22)10-8-20(25)27-23/h3,5,8,10-11,15-19,21,26H,2,4,6-7,9,12H2,1H3/b24-14+. The van der Waals surface area contributed by atoms with Gasteiger partial charge in [-0.25, -0.2) is 4.79 Å². The summed E-state index contributed by atoms with van der Waals surface area (Å²) < 4.78 is 6.11. The van der Waals surface area contributed by atoms with Gasteiger partial charge in [-0.1, -0.05) is 24.2 Å². The Morgan fingerprint density at radius 2 is 2.19 bits per heavy atom. The average Bonchev–Trinajstić information content (AvgIpc) is 3.34. The van der Waals surface area contributed by atoms with E-state index in [1.165, 1.54) is 24.8 Å². The molecule has 0 bridgehead atoms. The number of carbonyl (C=O) groups excluding carboxylic acids is 1. The zero-order valence-corrected chi connectivity index (χ0v) is 15.8. The Labute approximate surface area is 160 Å². The third-order valence-electron chi connectivity index (χ3n) is 9.10. The fourth-order valence-corrected chi connectivity index (χ4v) is 8.13. The largest absolute Gasteiger partial charge is 0.451 e. The minimum absolute atomic E-state index is 0.113. The van der Waals surface area contributed by atoms with Crippen molar-refractivity contribution in [2.75, 3.05) is 0 Å². The minimum atomic E-state index is -0.327. The molecule has 0 radical (unpaired) electrons. The SMILES string of the molecule is CCC12CCC3C4CC/C(=N\O)C=C4C=CC3C1C1CC1C21C=CC(=O)O1. The van der Waals surface area contributed by atoms with Crippen LogP contribution >= 0.6 is 0 Å². The zero-order chi connectivity index (χ0) is 18.4. The summed E-state index contributed by atoms with van der Waals surface area (Å²) in [7, 11) is 0. The summed E-state index contributed by atoms with van der Waals surface area (Å²) in [6.07, 6.45) is 17.3. The molecule has 1 spiro atoms. The van der Waals surface area contributed by atoms with Gasteiger partial charge >= 0.3 is 5.97 Å². The first kappa shape index (κ1) is 16.1. The van der Waals surface area contributed by atoms with E-state index in [2.05, 4.69) is 36.4 Å². The Morgan fingerprint density at radius 3 is 2.93 bits per heavy atom. The molecular weight excluding hydrogens is 338 g/mol. The Kier molecular flexibility index (Phi) is 3.08. The fraction of sp³-hybridized carbons (Fsp3) is 0.652. The highest BCUT2D eigenvalue weighted by molar-refractivity contribution is 5.96. The molecule has 3 fully saturated rings. The van der Waals surface area contributed by atoms with E-state index in [1.807, 2.05) is 0 Å². The summed E-state index contributed by atoms with van der Waals surface area (Å²) >= 11 is 0. The van der Waals surface area contributed by atoms with Crippen LogP contribution in [0.25, 0.3) is 0 Å². The maximum atomic E-state index is 12.1. The fourth-order valence-electron chi connectivity index (χ4n) is 8.13. The number of hydrogen-bond acceptors (Lipinski definition) is 4. The first-order chi connectivity index (χ1) is 13.1. The molecule has 0 aromatic carbocycles. The molecule has 5 aliphatic carbocycles. The van der Waals surface area contributed by atoms with Gasteiger partial charge in [0.25, 0.3) is 0 Å². The molecule has 4 nitrogen and oxygen atoms in total. The summed E-state index contributed by atoms with van der Waals surface area (Å²) in [5.41, 5.74) is 1.95. The second-order valence-electron chi connectivity index (χ2n) is 9.61. The average molecular weight is 365 g/mol. The van der Waals surface area contributed by atoms with Crippen molar-refractivity contribution in [1.29, 1.82) is 0 Å². The number of ether oxygens (including phenoxy) is 1. The third-order valence-corrected chi connectivity index (χ3v) is 9.10. The van der Waals surface area contributed by atoms with E-state index in [4.69, 9.17) is 9.94 Å². The number of esters is 1.